The number of halogens is 3. The number of hydrogen-bond acceptors (Lipinski definition) is 3. The number of hydrogen-bond donors (Lipinski definition) is 1. The summed E-state index contributed by atoms with van der Waals surface area (Å²) in [5, 5.41) is 9.29. The summed E-state index contributed by atoms with van der Waals surface area (Å²) < 4.78 is 42.8. The number of carbonyl (C=O) groups excluding carboxylic acids is 1. The van der Waals surface area contributed by atoms with Gasteiger partial charge in [0.15, 0.2) is 6.10 Å². The predicted molar refractivity (Wildman–Crippen MR) is 78.3 cm³/mol. The lowest BCUT2D eigenvalue weighted by atomic mass is 9.90. The van der Waals surface area contributed by atoms with Crippen molar-refractivity contribution < 1.29 is 27.8 Å². The number of ether oxygens (including phenoxy) is 1. The predicted octanol–water partition coefficient (Wildman–Crippen LogP) is 2.86. The molecule has 1 aromatic carbocycles. The highest BCUT2D eigenvalue weighted by Crippen LogP contribution is 2.32. The summed E-state index contributed by atoms with van der Waals surface area (Å²) in [6.07, 6.45) is -6.64. The number of rotatable bonds is 4. The number of amides is 1. The van der Waals surface area contributed by atoms with Crippen molar-refractivity contribution in [2.75, 3.05) is 19.7 Å². The van der Waals surface area contributed by atoms with E-state index < -0.39 is 18.2 Å². The van der Waals surface area contributed by atoms with Crippen LogP contribution in [0.5, 0.6) is 5.75 Å². The van der Waals surface area contributed by atoms with Crippen LogP contribution in [0.1, 0.15) is 30.1 Å². The van der Waals surface area contributed by atoms with Crippen molar-refractivity contribution in [1.82, 2.24) is 4.90 Å². The van der Waals surface area contributed by atoms with Gasteiger partial charge in [0.1, 0.15) is 5.75 Å². The van der Waals surface area contributed by atoms with Gasteiger partial charge < -0.3 is 14.7 Å². The van der Waals surface area contributed by atoms with Gasteiger partial charge in [-0.3, -0.25) is 4.79 Å². The lowest BCUT2D eigenvalue weighted by Crippen LogP contribution is -2.45. The standard InChI is InChI=1S/C16H20F3NO3/c1-2-23-13-5-3-12(4-6-13)15(22)20-9-7-11(8-10-20)14(21)16(17,18)19/h3-6,11,14,21H,2,7-10H2,1H3. The Hall–Kier alpha value is -1.76. The molecular weight excluding hydrogens is 311 g/mol. The first-order valence-corrected chi connectivity index (χ1v) is 7.60. The molecule has 0 saturated carbocycles. The van der Waals surface area contributed by atoms with Crippen LogP contribution >= 0.6 is 0 Å². The molecule has 23 heavy (non-hydrogen) atoms. The van der Waals surface area contributed by atoms with E-state index in [9.17, 15) is 23.1 Å². The molecule has 1 aromatic rings. The van der Waals surface area contributed by atoms with E-state index in [2.05, 4.69) is 0 Å². The molecule has 1 aliphatic heterocycles. The third-order valence-corrected chi connectivity index (χ3v) is 4.02. The Morgan fingerprint density at radius 1 is 1.30 bits per heavy atom. The molecule has 0 bridgehead atoms. The second kappa shape index (κ2) is 7.21. The Labute approximate surface area is 132 Å². The quantitative estimate of drug-likeness (QED) is 0.923. The van der Waals surface area contributed by atoms with Crippen molar-refractivity contribution in [3.05, 3.63) is 29.8 Å². The molecule has 1 aliphatic rings. The van der Waals surface area contributed by atoms with Crippen molar-refractivity contribution in [1.29, 1.82) is 0 Å². The van der Waals surface area contributed by atoms with Gasteiger partial charge in [0.2, 0.25) is 0 Å². The van der Waals surface area contributed by atoms with Crippen LogP contribution < -0.4 is 4.74 Å². The third kappa shape index (κ3) is 4.37. The molecule has 2 rings (SSSR count). The van der Waals surface area contributed by atoms with E-state index in [-0.39, 0.29) is 31.8 Å². The largest absolute Gasteiger partial charge is 0.494 e. The maximum atomic E-state index is 12.5. The van der Waals surface area contributed by atoms with Gasteiger partial charge in [-0.05, 0) is 49.9 Å². The molecule has 1 amide bonds. The molecule has 1 heterocycles. The molecule has 0 aliphatic carbocycles. The molecule has 1 fully saturated rings. The number of carbonyl (C=O) groups is 1. The Bertz CT molecular complexity index is 522. The fourth-order valence-corrected chi connectivity index (χ4v) is 2.73. The Kier molecular flexibility index (Phi) is 5.51. The molecule has 128 valence electrons. The van der Waals surface area contributed by atoms with E-state index >= 15 is 0 Å². The van der Waals surface area contributed by atoms with Crippen molar-refractivity contribution in [3.63, 3.8) is 0 Å². The Balaban J connectivity index is 1.93. The molecule has 4 nitrogen and oxygen atoms in total. The van der Waals surface area contributed by atoms with E-state index in [1.807, 2.05) is 6.92 Å². The van der Waals surface area contributed by atoms with Crippen LogP contribution in [0.2, 0.25) is 0 Å². The molecule has 0 spiro atoms. The topological polar surface area (TPSA) is 49.8 Å². The molecule has 0 radical (unpaired) electrons. The van der Waals surface area contributed by atoms with E-state index in [1.54, 1.807) is 24.3 Å². The van der Waals surface area contributed by atoms with Gasteiger partial charge in [-0.25, -0.2) is 0 Å². The Morgan fingerprint density at radius 2 is 1.87 bits per heavy atom. The second-order valence-corrected chi connectivity index (χ2v) is 5.57. The Morgan fingerprint density at radius 3 is 2.35 bits per heavy atom. The van der Waals surface area contributed by atoms with Crippen LogP contribution in [-0.2, 0) is 0 Å². The summed E-state index contributed by atoms with van der Waals surface area (Å²) in [5.74, 6) is -0.400. The highest BCUT2D eigenvalue weighted by atomic mass is 19.4. The number of benzene rings is 1. The van der Waals surface area contributed by atoms with Crippen LogP contribution in [0.15, 0.2) is 24.3 Å². The minimum absolute atomic E-state index is 0.142. The van der Waals surface area contributed by atoms with Crippen molar-refractivity contribution >= 4 is 5.91 Å². The number of alkyl halides is 3. The van der Waals surface area contributed by atoms with Crippen molar-refractivity contribution in [3.8, 4) is 5.75 Å². The molecule has 1 N–H and O–H groups in total. The number of piperidine rings is 1. The van der Waals surface area contributed by atoms with Crippen LogP contribution in [0.4, 0.5) is 13.2 Å². The summed E-state index contributed by atoms with van der Waals surface area (Å²) in [6.45, 7) is 2.81. The first-order valence-electron chi connectivity index (χ1n) is 7.60. The summed E-state index contributed by atoms with van der Waals surface area (Å²) in [5.41, 5.74) is 0.475. The maximum Gasteiger partial charge on any atom is 0.414 e. The van der Waals surface area contributed by atoms with Crippen LogP contribution in [0.3, 0.4) is 0 Å². The number of aliphatic hydroxyl groups excluding tert-OH is 1. The molecule has 1 unspecified atom stereocenters. The van der Waals surface area contributed by atoms with Gasteiger partial charge >= 0.3 is 6.18 Å². The van der Waals surface area contributed by atoms with Gasteiger partial charge in [-0.2, -0.15) is 13.2 Å². The van der Waals surface area contributed by atoms with E-state index in [0.717, 1.165) is 0 Å². The zero-order chi connectivity index (χ0) is 17.0. The zero-order valence-electron chi connectivity index (χ0n) is 12.8. The molecule has 1 atom stereocenters. The van der Waals surface area contributed by atoms with Gasteiger partial charge in [0.05, 0.1) is 6.61 Å². The number of nitrogens with zero attached hydrogens (tertiary/aromatic N) is 1. The van der Waals surface area contributed by atoms with Gasteiger partial charge in [0, 0.05) is 18.7 Å². The van der Waals surface area contributed by atoms with E-state index in [0.29, 0.717) is 17.9 Å². The number of likely N-dealkylation sites (tertiary alicyclic amines) is 1. The smallest absolute Gasteiger partial charge is 0.414 e. The van der Waals surface area contributed by atoms with E-state index in [4.69, 9.17) is 4.74 Å². The van der Waals surface area contributed by atoms with Gasteiger partial charge in [-0.15, -0.1) is 0 Å². The summed E-state index contributed by atoms with van der Waals surface area (Å²) in [6, 6.07) is 6.67. The first kappa shape index (κ1) is 17.6. The average molecular weight is 331 g/mol. The summed E-state index contributed by atoms with van der Waals surface area (Å²) in [4.78, 5) is 13.9. The van der Waals surface area contributed by atoms with Gasteiger partial charge in [-0.1, -0.05) is 0 Å². The number of aliphatic hydroxyl groups is 1. The highest BCUT2D eigenvalue weighted by Gasteiger charge is 2.44. The molecule has 0 aromatic heterocycles. The van der Waals surface area contributed by atoms with Crippen LogP contribution in [-0.4, -0.2) is 47.9 Å². The van der Waals surface area contributed by atoms with Crippen LogP contribution in [0, 0.1) is 5.92 Å². The lowest BCUT2D eigenvalue weighted by molar-refractivity contribution is -0.222. The molecule has 7 heteroatoms. The normalized spacial score (nSPS) is 17.9. The molecular formula is C16H20F3NO3. The minimum atomic E-state index is -4.61. The first-order chi connectivity index (χ1) is 10.8. The average Bonchev–Trinajstić information content (AvgIpc) is 2.54. The second-order valence-electron chi connectivity index (χ2n) is 5.57. The maximum absolute atomic E-state index is 12.5. The van der Waals surface area contributed by atoms with E-state index in [1.165, 1.54) is 4.90 Å². The SMILES string of the molecule is CCOc1ccc(C(=O)N2CCC(C(O)C(F)(F)F)CC2)cc1. The van der Waals surface area contributed by atoms with Crippen molar-refractivity contribution in [2.24, 2.45) is 5.92 Å². The summed E-state index contributed by atoms with van der Waals surface area (Å²) >= 11 is 0. The lowest BCUT2D eigenvalue weighted by Gasteiger charge is -2.34. The minimum Gasteiger partial charge on any atom is -0.494 e. The fourth-order valence-electron chi connectivity index (χ4n) is 2.73. The molecule has 1 saturated heterocycles. The fraction of sp³-hybridized carbons (Fsp3) is 0.562. The monoisotopic (exact) mass is 331 g/mol. The van der Waals surface area contributed by atoms with Gasteiger partial charge in [0.25, 0.3) is 5.91 Å². The van der Waals surface area contributed by atoms with Crippen molar-refractivity contribution in [2.45, 2.75) is 32.0 Å². The highest BCUT2D eigenvalue weighted by molar-refractivity contribution is 5.94. The third-order valence-electron chi connectivity index (χ3n) is 4.02. The van der Waals surface area contributed by atoms with Crippen LogP contribution in [0.25, 0.3) is 0 Å². The zero-order valence-corrected chi connectivity index (χ0v) is 12.8. The summed E-state index contributed by atoms with van der Waals surface area (Å²) in [7, 11) is 0.